The van der Waals surface area contributed by atoms with Crippen molar-refractivity contribution in [2.75, 3.05) is 0 Å². The third-order valence-electron chi connectivity index (χ3n) is 1.20. The average molecular weight is 138 g/mol. The lowest BCUT2D eigenvalue weighted by molar-refractivity contribution is 0.420. The van der Waals surface area contributed by atoms with E-state index in [1.807, 2.05) is 6.08 Å². The molecular weight excluding hydrogens is 120 g/mol. The molecule has 0 radical (unpaired) electrons. The predicted molar refractivity (Wildman–Crippen MR) is 48.0 cm³/mol. The van der Waals surface area contributed by atoms with Crippen molar-refractivity contribution in [1.29, 1.82) is 0 Å². The van der Waals surface area contributed by atoms with E-state index in [2.05, 4.69) is 39.5 Å². The Bertz CT molecular complexity index is 112. The van der Waals surface area contributed by atoms with Crippen molar-refractivity contribution in [3.05, 3.63) is 24.8 Å². The first kappa shape index (κ1) is 9.48. The second-order valence-corrected chi connectivity index (χ2v) is 3.76. The number of hydrogen-bond acceptors (Lipinski definition) is 0. The van der Waals surface area contributed by atoms with E-state index in [0.717, 1.165) is 12.8 Å². The SMILES string of the molecule is C=CC/C=C/CC(C)(C)C. The highest BCUT2D eigenvalue weighted by atomic mass is 14.1. The third kappa shape index (κ3) is 7.48. The molecule has 0 aromatic carbocycles. The smallest absolute Gasteiger partial charge is 0.0172 e. The zero-order chi connectivity index (χ0) is 8.04. The Kier molecular flexibility index (Phi) is 4.10. The fourth-order valence-corrected chi connectivity index (χ4v) is 0.629. The van der Waals surface area contributed by atoms with Crippen LogP contribution in [-0.4, -0.2) is 0 Å². The van der Waals surface area contributed by atoms with Gasteiger partial charge in [0.1, 0.15) is 0 Å². The van der Waals surface area contributed by atoms with Gasteiger partial charge in [0.2, 0.25) is 0 Å². The van der Waals surface area contributed by atoms with Crippen LogP contribution < -0.4 is 0 Å². The van der Waals surface area contributed by atoms with Gasteiger partial charge in [-0.05, 0) is 18.3 Å². The van der Waals surface area contributed by atoms with Crippen LogP contribution in [0.1, 0.15) is 33.6 Å². The maximum atomic E-state index is 3.64. The molecule has 0 heterocycles. The van der Waals surface area contributed by atoms with Crippen molar-refractivity contribution in [2.24, 2.45) is 5.41 Å². The van der Waals surface area contributed by atoms with E-state index < -0.39 is 0 Å². The van der Waals surface area contributed by atoms with Crippen LogP contribution in [-0.2, 0) is 0 Å². The summed E-state index contributed by atoms with van der Waals surface area (Å²) < 4.78 is 0. The van der Waals surface area contributed by atoms with E-state index >= 15 is 0 Å². The fourth-order valence-electron chi connectivity index (χ4n) is 0.629. The molecule has 0 aliphatic carbocycles. The number of allylic oxidation sites excluding steroid dienone is 3. The molecule has 0 nitrogen and oxygen atoms in total. The van der Waals surface area contributed by atoms with Crippen LogP contribution in [0.4, 0.5) is 0 Å². The van der Waals surface area contributed by atoms with Crippen LogP contribution in [0.25, 0.3) is 0 Å². The van der Waals surface area contributed by atoms with Crippen LogP contribution in [0.2, 0.25) is 0 Å². The zero-order valence-electron chi connectivity index (χ0n) is 7.35. The highest BCUT2D eigenvalue weighted by Gasteiger charge is 2.05. The molecule has 0 heteroatoms. The molecule has 58 valence electrons. The predicted octanol–water partition coefficient (Wildman–Crippen LogP) is 3.55. The van der Waals surface area contributed by atoms with Gasteiger partial charge in [0.05, 0.1) is 0 Å². The monoisotopic (exact) mass is 138 g/mol. The number of rotatable bonds is 3. The largest absolute Gasteiger partial charge is 0.103 e. The van der Waals surface area contributed by atoms with E-state index in [0.29, 0.717) is 5.41 Å². The van der Waals surface area contributed by atoms with E-state index in [-0.39, 0.29) is 0 Å². The minimum atomic E-state index is 0.428. The van der Waals surface area contributed by atoms with Gasteiger partial charge in [0.25, 0.3) is 0 Å². The lowest BCUT2D eigenvalue weighted by Gasteiger charge is -2.14. The van der Waals surface area contributed by atoms with E-state index in [9.17, 15) is 0 Å². The van der Waals surface area contributed by atoms with Crippen molar-refractivity contribution in [1.82, 2.24) is 0 Å². The molecule has 0 saturated carbocycles. The third-order valence-corrected chi connectivity index (χ3v) is 1.20. The van der Waals surface area contributed by atoms with Gasteiger partial charge < -0.3 is 0 Å². The van der Waals surface area contributed by atoms with Crippen molar-refractivity contribution >= 4 is 0 Å². The van der Waals surface area contributed by atoms with Gasteiger partial charge in [-0.1, -0.05) is 39.0 Å². The molecule has 0 bridgehead atoms. The Balaban J connectivity index is 3.43. The standard InChI is InChI=1S/C10H18/c1-5-6-7-8-9-10(2,3)4/h5,7-8H,1,6,9H2,2-4H3/b8-7+. The van der Waals surface area contributed by atoms with Gasteiger partial charge >= 0.3 is 0 Å². The molecule has 0 spiro atoms. The molecule has 0 unspecified atom stereocenters. The Morgan fingerprint density at radius 1 is 1.20 bits per heavy atom. The summed E-state index contributed by atoms with van der Waals surface area (Å²) in [5.74, 6) is 0. The molecule has 0 N–H and O–H groups in total. The normalized spacial score (nSPS) is 12.3. The Morgan fingerprint density at radius 2 is 1.80 bits per heavy atom. The van der Waals surface area contributed by atoms with Gasteiger partial charge in [-0.2, -0.15) is 0 Å². The highest BCUT2D eigenvalue weighted by molar-refractivity contribution is 4.90. The Hall–Kier alpha value is -0.520. The summed E-state index contributed by atoms with van der Waals surface area (Å²) in [6.45, 7) is 10.4. The molecule has 0 fully saturated rings. The molecule has 10 heavy (non-hydrogen) atoms. The second kappa shape index (κ2) is 4.32. The van der Waals surface area contributed by atoms with Crippen molar-refractivity contribution in [3.63, 3.8) is 0 Å². The molecule has 0 aromatic rings. The molecule has 0 atom stereocenters. The first-order chi connectivity index (χ1) is 4.56. The van der Waals surface area contributed by atoms with Crippen LogP contribution in [0.5, 0.6) is 0 Å². The van der Waals surface area contributed by atoms with Crippen LogP contribution >= 0.6 is 0 Å². The first-order valence-electron chi connectivity index (χ1n) is 3.82. The van der Waals surface area contributed by atoms with E-state index in [1.165, 1.54) is 0 Å². The molecular formula is C10H18. The summed E-state index contributed by atoms with van der Waals surface area (Å²) in [5, 5.41) is 0. The lowest BCUT2D eigenvalue weighted by atomic mass is 9.92. The molecule has 0 rings (SSSR count). The quantitative estimate of drug-likeness (QED) is 0.523. The van der Waals surface area contributed by atoms with Crippen molar-refractivity contribution < 1.29 is 0 Å². The Morgan fingerprint density at radius 3 is 2.20 bits per heavy atom. The fraction of sp³-hybridized carbons (Fsp3) is 0.600. The van der Waals surface area contributed by atoms with E-state index in [4.69, 9.17) is 0 Å². The highest BCUT2D eigenvalue weighted by Crippen LogP contribution is 2.18. The van der Waals surface area contributed by atoms with E-state index in [1.54, 1.807) is 0 Å². The molecule has 0 aromatic heterocycles. The average Bonchev–Trinajstić information content (AvgIpc) is 1.78. The summed E-state index contributed by atoms with van der Waals surface area (Å²) in [7, 11) is 0. The van der Waals surface area contributed by atoms with Gasteiger partial charge in [-0.25, -0.2) is 0 Å². The minimum absolute atomic E-state index is 0.428. The molecule has 0 aliphatic heterocycles. The Labute approximate surface area is 64.6 Å². The summed E-state index contributed by atoms with van der Waals surface area (Å²) in [5.41, 5.74) is 0.428. The van der Waals surface area contributed by atoms with Gasteiger partial charge in [0.15, 0.2) is 0 Å². The summed E-state index contributed by atoms with van der Waals surface area (Å²) in [4.78, 5) is 0. The van der Waals surface area contributed by atoms with Gasteiger partial charge in [-0.3, -0.25) is 0 Å². The maximum Gasteiger partial charge on any atom is -0.0172 e. The minimum Gasteiger partial charge on any atom is -0.103 e. The first-order valence-corrected chi connectivity index (χ1v) is 3.82. The lowest BCUT2D eigenvalue weighted by Crippen LogP contribution is -2.01. The molecule has 0 saturated heterocycles. The van der Waals surface area contributed by atoms with Crippen molar-refractivity contribution in [2.45, 2.75) is 33.6 Å². The van der Waals surface area contributed by atoms with Gasteiger partial charge in [0, 0.05) is 0 Å². The van der Waals surface area contributed by atoms with Crippen LogP contribution in [0.3, 0.4) is 0 Å². The zero-order valence-corrected chi connectivity index (χ0v) is 7.35. The molecule has 0 amide bonds. The summed E-state index contributed by atoms with van der Waals surface area (Å²) in [6.07, 6.45) is 8.45. The maximum absolute atomic E-state index is 3.64. The number of hydrogen-bond donors (Lipinski definition) is 0. The topological polar surface area (TPSA) is 0 Å². The van der Waals surface area contributed by atoms with Crippen LogP contribution in [0.15, 0.2) is 24.8 Å². The van der Waals surface area contributed by atoms with Crippen LogP contribution in [0, 0.1) is 5.41 Å². The van der Waals surface area contributed by atoms with Gasteiger partial charge in [-0.15, -0.1) is 6.58 Å². The second-order valence-electron chi connectivity index (χ2n) is 3.76. The molecule has 0 aliphatic rings. The summed E-state index contributed by atoms with van der Waals surface area (Å²) in [6, 6.07) is 0. The van der Waals surface area contributed by atoms with Crippen molar-refractivity contribution in [3.8, 4) is 0 Å². The summed E-state index contributed by atoms with van der Waals surface area (Å²) >= 11 is 0.